The number of amides is 1. The van der Waals surface area contributed by atoms with Crippen LogP contribution in [-0.2, 0) is 19.1 Å². The summed E-state index contributed by atoms with van der Waals surface area (Å²) in [6.45, 7) is 6.00. The number of hydrogen-bond acceptors (Lipinski definition) is 5. The van der Waals surface area contributed by atoms with Crippen molar-refractivity contribution < 1.29 is 24.2 Å². The first-order valence-corrected chi connectivity index (χ1v) is 8.20. The lowest BCUT2D eigenvalue weighted by atomic mass is 10.1. The summed E-state index contributed by atoms with van der Waals surface area (Å²) >= 11 is 0. The summed E-state index contributed by atoms with van der Waals surface area (Å²) < 4.78 is 10.4. The number of carbonyl (C=O) groups excluding carboxylic acids is 2. The number of carbonyl (C=O) groups is 2. The first-order valence-electron chi connectivity index (χ1n) is 8.20. The molecule has 1 aliphatic heterocycles. The Morgan fingerprint density at radius 3 is 2.58 bits per heavy atom. The van der Waals surface area contributed by atoms with Crippen molar-refractivity contribution in [2.75, 3.05) is 24.7 Å². The van der Waals surface area contributed by atoms with Gasteiger partial charge in [0.25, 0.3) is 0 Å². The number of benzene rings is 1. The van der Waals surface area contributed by atoms with E-state index in [0.29, 0.717) is 6.54 Å². The highest BCUT2D eigenvalue weighted by Crippen LogP contribution is 2.26. The van der Waals surface area contributed by atoms with Gasteiger partial charge in [-0.3, -0.25) is 9.59 Å². The molecule has 1 aromatic carbocycles. The van der Waals surface area contributed by atoms with Crippen LogP contribution in [-0.4, -0.2) is 48.9 Å². The molecule has 0 aromatic heterocycles. The molecule has 0 radical (unpaired) electrons. The van der Waals surface area contributed by atoms with Gasteiger partial charge in [0, 0.05) is 18.7 Å². The molecular formula is C18H25NO5. The predicted octanol–water partition coefficient (Wildman–Crippen LogP) is 1.68. The van der Waals surface area contributed by atoms with E-state index in [1.807, 2.05) is 45.0 Å². The van der Waals surface area contributed by atoms with E-state index >= 15 is 0 Å². The number of aryl methyl sites for hydroxylation is 1. The summed E-state index contributed by atoms with van der Waals surface area (Å²) in [5.74, 6) is -1.05. The summed E-state index contributed by atoms with van der Waals surface area (Å²) in [6, 6.07) is 7.60. The number of aliphatic hydroxyl groups excluding tert-OH is 1. The number of ether oxygens (including phenoxy) is 2. The summed E-state index contributed by atoms with van der Waals surface area (Å²) in [5, 5.41) is 9.72. The van der Waals surface area contributed by atoms with Crippen molar-refractivity contribution in [2.45, 2.75) is 39.4 Å². The fourth-order valence-electron chi connectivity index (χ4n) is 2.49. The zero-order valence-corrected chi connectivity index (χ0v) is 14.4. The van der Waals surface area contributed by atoms with Crippen LogP contribution < -0.4 is 4.90 Å². The molecule has 2 atom stereocenters. The van der Waals surface area contributed by atoms with Crippen LogP contribution in [0.4, 0.5) is 5.69 Å². The monoisotopic (exact) mass is 335 g/mol. The molecule has 1 aromatic rings. The third-order valence-electron chi connectivity index (χ3n) is 3.84. The van der Waals surface area contributed by atoms with Crippen LogP contribution in [0.15, 0.2) is 24.3 Å². The fourth-order valence-corrected chi connectivity index (χ4v) is 2.49. The molecule has 6 nitrogen and oxygen atoms in total. The molecule has 24 heavy (non-hydrogen) atoms. The van der Waals surface area contributed by atoms with E-state index in [2.05, 4.69) is 0 Å². The average Bonchev–Trinajstić information content (AvgIpc) is 2.93. The van der Waals surface area contributed by atoms with Crippen LogP contribution in [0.2, 0.25) is 0 Å². The molecule has 1 amide bonds. The lowest BCUT2D eigenvalue weighted by Crippen LogP contribution is -2.29. The fraction of sp³-hybridized carbons (Fsp3) is 0.556. The molecule has 1 fully saturated rings. The Balaban J connectivity index is 1.84. The molecule has 0 spiro atoms. The van der Waals surface area contributed by atoms with Gasteiger partial charge in [0.05, 0.1) is 18.6 Å². The Bertz CT molecular complexity index is 569. The molecular weight excluding hydrogens is 310 g/mol. The second-order valence-corrected chi connectivity index (χ2v) is 6.41. The van der Waals surface area contributed by atoms with E-state index in [1.54, 1.807) is 4.90 Å². The van der Waals surface area contributed by atoms with Gasteiger partial charge in [-0.15, -0.1) is 0 Å². The normalized spacial score (nSPS) is 19.0. The van der Waals surface area contributed by atoms with E-state index in [0.717, 1.165) is 11.3 Å². The van der Waals surface area contributed by atoms with E-state index in [1.165, 1.54) is 0 Å². The van der Waals surface area contributed by atoms with Gasteiger partial charge < -0.3 is 19.5 Å². The van der Waals surface area contributed by atoms with Gasteiger partial charge in [0.15, 0.2) is 0 Å². The van der Waals surface area contributed by atoms with Gasteiger partial charge in [-0.25, -0.2) is 0 Å². The Morgan fingerprint density at radius 1 is 1.29 bits per heavy atom. The van der Waals surface area contributed by atoms with Crippen molar-refractivity contribution in [3.63, 3.8) is 0 Å². The molecule has 6 heteroatoms. The van der Waals surface area contributed by atoms with Crippen molar-refractivity contribution in [2.24, 2.45) is 5.92 Å². The second-order valence-electron chi connectivity index (χ2n) is 6.41. The average molecular weight is 335 g/mol. The lowest BCUT2D eigenvalue weighted by molar-refractivity contribution is -0.152. The Morgan fingerprint density at radius 2 is 1.96 bits per heavy atom. The predicted molar refractivity (Wildman–Crippen MR) is 89.7 cm³/mol. The maximum absolute atomic E-state index is 12.1. The molecule has 1 N–H and O–H groups in total. The number of rotatable bonds is 7. The van der Waals surface area contributed by atoms with Gasteiger partial charge in [-0.1, -0.05) is 17.7 Å². The van der Waals surface area contributed by atoms with Gasteiger partial charge in [0.2, 0.25) is 5.91 Å². The van der Waals surface area contributed by atoms with Crippen molar-refractivity contribution in [1.82, 2.24) is 0 Å². The molecule has 1 heterocycles. The summed E-state index contributed by atoms with van der Waals surface area (Å²) in [5.41, 5.74) is 1.89. The molecule has 2 rings (SSSR count). The summed E-state index contributed by atoms with van der Waals surface area (Å²) in [4.78, 5) is 25.9. The molecule has 0 aliphatic carbocycles. The maximum atomic E-state index is 12.1. The third-order valence-corrected chi connectivity index (χ3v) is 3.84. The highest BCUT2D eigenvalue weighted by Gasteiger charge is 2.36. The SMILES string of the molecule is Cc1ccc(N2C[C@H](C(=O)OC[C@H](O)COC(C)C)CC2=O)cc1. The topological polar surface area (TPSA) is 76.1 Å². The molecule has 132 valence electrons. The lowest BCUT2D eigenvalue weighted by Gasteiger charge is -2.17. The smallest absolute Gasteiger partial charge is 0.311 e. The standard InChI is InChI=1S/C18H25NO5/c1-12(2)23-10-16(20)11-24-18(22)14-8-17(21)19(9-14)15-6-4-13(3)5-7-15/h4-7,12,14,16,20H,8-11H2,1-3H3/t14-,16-/m1/s1. The van der Waals surface area contributed by atoms with Crippen LogP contribution in [0.5, 0.6) is 0 Å². The summed E-state index contributed by atoms with van der Waals surface area (Å²) in [6.07, 6.45) is -0.724. The molecule has 0 bridgehead atoms. The molecule has 0 saturated carbocycles. The number of esters is 1. The van der Waals surface area contributed by atoms with Crippen molar-refractivity contribution >= 4 is 17.6 Å². The van der Waals surface area contributed by atoms with E-state index < -0.39 is 18.0 Å². The Hall–Kier alpha value is -1.92. The largest absolute Gasteiger partial charge is 0.463 e. The highest BCUT2D eigenvalue weighted by molar-refractivity contribution is 5.99. The van der Waals surface area contributed by atoms with Crippen molar-refractivity contribution in [3.8, 4) is 0 Å². The van der Waals surface area contributed by atoms with E-state index in [4.69, 9.17) is 9.47 Å². The van der Waals surface area contributed by atoms with Gasteiger partial charge in [-0.2, -0.15) is 0 Å². The van der Waals surface area contributed by atoms with Crippen LogP contribution in [0.3, 0.4) is 0 Å². The second kappa shape index (κ2) is 8.26. The van der Waals surface area contributed by atoms with Crippen LogP contribution in [0, 0.1) is 12.8 Å². The first kappa shape index (κ1) is 18.4. The van der Waals surface area contributed by atoms with Crippen LogP contribution >= 0.6 is 0 Å². The summed E-state index contributed by atoms with van der Waals surface area (Å²) in [7, 11) is 0. The number of anilines is 1. The van der Waals surface area contributed by atoms with Gasteiger partial charge in [-0.05, 0) is 32.9 Å². The van der Waals surface area contributed by atoms with Crippen LogP contribution in [0.25, 0.3) is 0 Å². The van der Waals surface area contributed by atoms with Gasteiger partial charge in [0.1, 0.15) is 12.7 Å². The highest BCUT2D eigenvalue weighted by atomic mass is 16.5. The van der Waals surface area contributed by atoms with Crippen molar-refractivity contribution in [1.29, 1.82) is 0 Å². The third kappa shape index (κ3) is 5.04. The number of hydrogen-bond donors (Lipinski definition) is 1. The number of nitrogens with zero attached hydrogens (tertiary/aromatic N) is 1. The minimum Gasteiger partial charge on any atom is -0.463 e. The maximum Gasteiger partial charge on any atom is 0.311 e. The van der Waals surface area contributed by atoms with Crippen LogP contribution in [0.1, 0.15) is 25.8 Å². The number of aliphatic hydroxyl groups is 1. The minimum absolute atomic E-state index is 0.00544. The molecule has 1 aliphatic rings. The van der Waals surface area contributed by atoms with E-state index in [-0.39, 0.29) is 31.6 Å². The Labute approximate surface area is 142 Å². The zero-order chi connectivity index (χ0) is 17.7. The van der Waals surface area contributed by atoms with Gasteiger partial charge >= 0.3 is 5.97 Å². The molecule has 0 unspecified atom stereocenters. The Kier molecular flexibility index (Phi) is 6.34. The van der Waals surface area contributed by atoms with Crippen molar-refractivity contribution in [3.05, 3.63) is 29.8 Å². The van der Waals surface area contributed by atoms with E-state index in [9.17, 15) is 14.7 Å². The quantitative estimate of drug-likeness (QED) is 0.767. The zero-order valence-electron chi connectivity index (χ0n) is 14.4. The molecule has 1 saturated heterocycles. The first-order chi connectivity index (χ1) is 11.4. The minimum atomic E-state index is -0.860.